The quantitative estimate of drug-likeness (QED) is 0.480. The Morgan fingerprint density at radius 2 is 2.03 bits per heavy atom. The van der Waals surface area contributed by atoms with Gasteiger partial charge in [0.25, 0.3) is 0 Å². The number of ether oxygens (including phenoxy) is 2. The van der Waals surface area contributed by atoms with Crippen LogP contribution in [0.1, 0.15) is 25.3 Å². The molecule has 2 N–H and O–H groups in total. The zero-order chi connectivity index (χ0) is 22.1. The van der Waals surface area contributed by atoms with Crippen LogP contribution in [0.15, 0.2) is 18.2 Å². The number of aliphatic carboxylic acids is 1. The molecule has 2 amide bonds. The highest BCUT2D eigenvalue weighted by atomic mass is 32.2. The second-order valence-corrected chi connectivity index (χ2v) is 8.46. The molecule has 1 aromatic carbocycles. The van der Waals surface area contributed by atoms with Crippen LogP contribution < -0.4 is 14.8 Å². The fraction of sp³-hybridized carbons (Fsp3) is 0.571. The van der Waals surface area contributed by atoms with E-state index in [1.807, 2.05) is 25.1 Å². The highest BCUT2D eigenvalue weighted by molar-refractivity contribution is 7.99. The van der Waals surface area contributed by atoms with E-state index in [4.69, 9.17) is 9.47 Å². The van der Waals surface area contributed by atoms with Gasteiger partial charge in [0.05, 0.1) is 20.1 Å². The van der Waals surface area contributed by atoms with Gasteiger partial charge in [0.2, 0.25) is 11.8 Å². The fourth-order valence-electron chi connectivity index (χ4n) is 3.36. The molecule has 9 heteroatoms. The number of likely N-dealkylation sites (tertiary alicyclic amines) is 1. The third-order valence-electron chi connectivity index (χ3n) is 5.07. The monoisotopic (exact) mass is 438 g/mol. The van der Waals surface area contributed by atoms with Crippen LogP contribution in [0.4, 0.5) is 0 Å². The zero-order valence-corrected chi connectivity index (χ0v) is 18.5. The molecule has 0 spiro atoms. The van der Waals surface area contributed by atoms with Crippen molar-refractivity contribution in [3.63, 3.8) is 0 Å². The molecule has 2 rings (SSSR count). The molecule has 1 aliphatic heterocycles. The van der Waals surface area contributed by atoms with Gasteiger partial charge < -0.3 is 24.8 Å². The first kappa shape index (κ1) is 23.9. The lowest BCUT2D eigenvalue weighted by molar-refractivity contribution is -0.142. The molecule has 166 valence electrons. The van der Waals surface area contributed by atoms with Crippen LogP contribution in [0.2, 0.25) is 0 Å². The lowest BCUT2D eigenvalue weighted by atomic mass is 10.1. The molecule has 1 heterocycles. The molecule has 0 bridgehead atoms. The molecule has 1 aromatic rings. The zero-order valence-electron chi connectivity index (χ0n) is 17.7. The molecule has 1 saturated heterocycles. The summed E-state index contributed by atoms with van der Waals surface area (Å²) in [7, 11) is 3.14. The molecule has 2 unspecified atom stereocenters. The highest BCUT2D eigenvalue weighted by Crippen LogP contribution is 2.28. The maximum atomic E-state index is 12.5. The van der Waals surface area contributed by atoms with E-state index in [0.717, 1.165) is 11.3 Å². The Morgan fingerprint density at radius 3 is 2.67 bits per heavy atom. The summed E-state index contributed by atoms with van der Waals surface area (Å²) in [6.45, 7) is 2.78. The number of benzene rings is 1. The summed E-state index contributed by atoms with van der Waals surface area (Å²) >= 11 is 1.63. The standard InChI is InChI=1S/C21H30N2O6S/c1-4-30-10-8-16(21(26)27)22-20(25)15-12-19(24)23(13-15)9-7-14-5-6-17(28-2)18(11-14)29-3/h5-6,11,15-16H,4,7-10,12-13H2,1-3H3,(H,22,25)(H,26,27). The third-order valence-corrected chi connectivity index (χ3v) is 6.01. The van der Waals surface area contributed by atoms with Crippen LogP contribution in [-0.2, 0) is 20.8 Å². The number of carbonyl (C=O) groups excluding carboxylic acids is 2. The number of methoxy groups -OCH3 is 2. The minimum atomic E-state index is -1.05. The molecule has 0 aliphatic carbocycles. The van der Waals surface area contributed by atoms with Crippen molar-refractivity contribution >= 4 is 29.5 Å². The summed E-state index contributed by atoms with van der Waals surface area (Å²) in [5.74, 6) is 0.788. The molecule has 0 radical (unpaired) electrons. The van der Waals surface area contributed by atoms with Crippen molar-refractivity contribution in [2.75, 3.05) is 38.8 Å². The average molecular weight is 439 g/mol. The van der Waals surface area contributed by atoms with Crippen LogP contribution in [0.5, 0.6) is 11.5 Å². The molecule has 1 aliphatic rings. The molecule has 8 nitrogen and oxygen atoms in total. The lowest BCUT2D eigenvalue weighted by Crippen LogP contribution is -2.44. The van der Waals surface area contributed by atoms with Crippen molar-refractivity contribution in [1.82, 2.24) is 10.2 Å². The van der Waals surface area contributed by atoms with Gasteiger partial charge in [-0.05, 0) is 42.0 Å². The smallest absolute Gasteiger partial charge is 0.326 e. The Hall–Kier alpha value is -2.42. The van der Waals surface area contributed by atoms with Crippen LogP contribution in [0, 0.1) is 5.92 Å². The normalized spacial score (nSPS) is 17.0. The van der Waals surface area contributed by atoms with Crippen molar-refractivity contribution in [2.24, 2.45) is 5.92 Å². The number of carboxylic acids is 1. The highest BCUT2D eigenvalue weighted by Gasteiger charge is 2.35. The molecule has 0 aromatic heterocycles. The maximum Gasteiger partial charge on any atom is 0.326 e. The number of nitrogens with zero attached hydrogens (tertiary/aromatic N) is 1. The summed E-state index contributed by atoms with van der Waals surface area (Å²) in [6.07, 6.45) is 1.09. The second kappa shape index (κ2) is 11.7. The number of thioether (sulfide) groups is 1. The SMILES string of the molecule is CCSCCC(NC(=O)C1CC(=O)N(CCc2ccc(OC)c(OC)c2)C1)C(=O)O. The van der Waals surface area contributed by atoms with Gasteiger partial charge in [0.15, 0.2) is 11.5 Å². The van der Waals surface area contributed by atoms with E-state index in [9.17, 15) is 19.5 Å². The number of rotatable bonds is 12. The first-order valence-corrected chi connectivity index (χ1v) is 11.1. The minimum Gasteiger partial charge on any atom is -0.493 e. The topological polar surface area (TPSA) is 105 Å². The third kappa shape index (κ3) is 6.55. The van der Waals surface area contributed by atoms with Crippen molar-refractivity contribution < 1.29 is 29.0 Å². The summed E-state index contributed by atoms with van der Waals surface area (Å²) in [5.41, 5.74) is 0.993. The number of hydrogen-bond donors (Lipinski definition) is 2. The number of nitrogens with one attached hydrogen (secondary N) is 1. The first-order valence-electron chi connectivity index (χ1n) is 9.99. The Balaban J connectivity index is 1.89. The van der Waals surface area contributed by atoms with Gasteiger partial charge >= 0.3 is 5.97 Å². The van der Waals surface area contributed by atoms with E-state index >= 15 is 0 Å². The molecule has 0 saturated carbocycles. The second-order valence-electron chi connectivity index (χ2n) is 7.07. The van der Waals surface area contributed by atoms with Crippen molar-refractivity contribution in [2.45, 2.75) is 32.2 Å². The number of hydrogen-bond acceptors (Lipinski definition) is 6. The Labute approximate surface area is 181 Å². The Bertz CT molecular complexity index is 757. The number of carbonyl (C=O) groups is 3. The van der Waals surface area contributed by atoms with Gasteiger partial charge in [-0.1, -0.05) is 13.0 Å². The van der Waals surface area contributed by atoms with E-state index < -0.39 is 17.9 Å². The Morgan fingerprint density at radius 1 is 1.30 bits per heavy atom. The van der Waals surface area contributed by atoms with E-state index in [1.54, 1.807) is 30.9 Å². The Kier molecular flexibility index (Phi) is 9.29. The van der Waals surface area contributed by atoms with Crippen LogP contribution >= 0.6 is 11.8 Å². The van der Waals surface area contributed by atoms with E-state index in [-0.39, 0.29) is 18.2 Å². The predicted molar refractivity (Wildman–Crippen MR) is 115 cm³/mol. The molecular formula is C21H30N2O6S. The van der Waals surface area contributed by atoms with Crippen molar-refractivity contribution in [1.29, 1.82) is 0 Å². The first-order chi connectivity index (χ1) is 14.4. The van der Waals surface area contributed by atoms with Crippen molar-refractivity contribution in [3.8, 4) is 11.5 Å². The summed E-state index contributed by atoms with van der Waals surface area (Å²) < 4.78 is 10.5. The van der Waals surface area contributed by atoms with Crippen LogP contribution in [0.25, 0.3) is 0 Å². The molecule has 1 fully saturated rings. The lowest BCUT2D eigenvalue weighted by Gasteiger charge is -2.19. The largest absolute Gasteiger partial charge is 0.493 e. The van der Waals surface area contributed by atoms with Gasteiger partial charge in [-0.25, -0.2) is 4.79 Å². The van der Waals surface area contributed by atoms with E-state index in [1.165, 1.54) is 0 Å². The van der Waals surface area contributed by atoms with Gasteiger partial charge in [0, 0.05) is 19.5 Å². The average Bonchev–Trinajstić information content (AvgIpc) is 3.11. The number of amides is 2. The summed E-state index contributed by atoms with van der Waals surface area (Å²) in [5, 5.41) is 11.9. The van der Waals surface area contributed by atoms with Crippen LogP contribution in [0.3, 0.4) is 0 Å². The minimum absolute atomic E-state index is 0.0935. The molecular weight excluding hydrogens is 408 g/mol. The van der Waals surface area contributed by atoms with Crippen LogP contribution in [-0.4, -0.2) is 72.6 Å². The predicted octanol–water partition coefficient (Wildman–Crippen LogP) is 1.81. The van der Waals surface area contributed by atoms with Gasteiger partial charge in [-0.15, -0.1) is 0 Å². The summed E-state index contributed by atoms with van der Waals surface area (Å²) in [4.78, 5) is 37.9. The summed E-state index contributed by atoms with van der Waals surface area (Å²) in [6, 6.07) is 4.68. The van der Waals surface area contributed by atoms with Gasteiger partial charge in [-0.3, -0.25) is 9.59 Å². The van der Waals surface area contributed by atoms with Gasteiger partial charge in [-0.2, -0.15) is 11.8 Å². The molecule has 2 atom stereocenters. The fourth-order valence-corrected chi connectivity index (χ4v) is 4.05. The van der Waals surface area contributed by atoms with Gasteiger partial charge in [0.1, 0.15) is 6.04 Å². The maximum absolute atomic E-state index is 12.5. The number of carboxylic acid groups (broad SMARTS) is 1. The van der Waals surface area contributed by atoms with Crippen molar-refractivity contribution in [3.05, 3.63) is 23.8 Å². The van der Waals surface area contributed by atoms with E-state index in [2.05, 4.69) is 5.32 Å². The molecule has 30 heavy (non-hydrogen) atoms. The van der Waals surface area contributed by atoms with E-state index in [0.29, 0.717) is 43.2 Å².